The summed E-state index contributed by atoms with van der Waals surface area (Å²) in [6.07, 6.45) is 2.33. The number of hydrogen-bond acceptors (Lipinski definition) is 1. The maximum atomic E-state index is 12.7. The minimum absolute atomic E-state index is 0. The van der Waals surface area contributed by atoms with E-state index in [9.17, 15) is 8.78 Å². The van der Waals surface area contributed by atoms with Crippen molar-refractivity contribution in [2.75, 3.05) is 6.54 Å². The van der Waals surface area contributed by atoms with Gasteiger partial charge in [-0.15, -0.1) is 34.7 Å². The van der Waals surface area contributed by atoms with Crippen LogP contribution in [0, 0.1) is 6.08 Å². The summed E-state index contributed by atoms with van der Waals surface area (Å²) in [5.41, 5.74) is 1.93. The molecule has 6 heteroatoms. The quantitative estimate of drug-likeness (QED) is 0.439. The van der Waals surface area contributed by atoms with Crippen molar-refractivity contribution in [1.29, 1.82) is 0 Å². The van der Waals surface area contributed by atoms with E-state index < -0.39 is 13.0 Å². The largest absolute Gasteiger partial charge is 0.369 e. The fourth-order valence-corrected chi connectivity index (χ4v) is 2.32. The Balaban J connectivity index is 0.00000200. The van der Waals surface area contributed by atoms with E-state index in [4.69, 9.17) is 11.6 Å². The van der Waals surface area contributed by atoms with Gasteiger partial charge in [-0.3, -0.25) is 0 Å². The summed E-state index contributed by atoms with van der Waals surface area (Å²) in [7, 11) is 0. The third-order valence-corrected chi connectivity index (χ3v) is 3.83. The van der Waals surface area contributed by atoms with Gasteiger partial charge >= 0.3 is 0 Å². The first-order chi connectivity index (χ1) is 8.99. The third kappa shape index (κ3) is 4.36. The summed E-state index contributed by atoms with van der Waals surface area (Å²) < 4.78 is 26.2. The molecule has 1 aromatic carbocycles. The normalized spacial score (nSPS) is 14.8. The Morgan fingerprint density at radius 2 is 1.90 bits per heavy atom. The van der Waals surface area contributed by atoms with E-state index in [1.807, 2.05) is 0 Å². The number of nitrogens with zero attached hydrogens (tertiary/aromatic N) is 1. The van der Waals surface area contributed by atoms with Crippen LogP contribution in [0.4, 0.5) is 8.78 Å². The molecule has 0 bridgehead atoms. The minimum Gasteiger partial charge on any atom is -0.369 e. The molecule has 0 saturated carbocycles. The number of rotatable bonds is 3. The van der Waals surface area contributed by atoms with Gasteiger partial charge in [-0.1, -0.05) is 45.2 Å². The van der Waals surface area contributed by atoms with Crippen LogP contribution in [0.15, 0.2) is 46.2 Å². The number of alkyl halides is 2. The molecule has 0 saturated heterocycles. The van der Waals surface area contributed by atoms with E-state index in [-0.39, 0.29) is 32.7 Å². The summed E-state index contributed by atoms with van der Waals surface area (Å²) in [5, 5.41) is 0.601. The predicted molar refractivity (Wildman–Crippen MR) is 82.1 cm³/mol. The van der Waals surface area contributed by atoms with Gasteiger partial charge in [0, 0.05) is 37.7 Å². The molecule has 0 spiro atoms. The average Bonchev–Trinajstić information content (AvgIpc) is 2.36. The standard InChI is InChI=1S/C14H10ClF2IN.Y/c1-9-12(18)6-7-13(19(9)8-14(16)17)10-2-4-11(15)5-3-10;/h2-6,14H,1,8H2;/q-1;. The first-order valence-electron chi connectivity index (χ1n) is 5.49. The molecule has 20 heavy (non-hydrogen) atoms. The van der Waals surface area contributed by atoms with Gasteiger partial charge in [-0.25, -0.2) is 8.78 Å². The van der Waals surface area contributed by atoms with Gasteiger partial charge < -0.3 is 4.90 Å². The monoisotopic (exact) mass is 481 g/mol. The molecular formula is C14H10ClF2INY-. The molecule has 0 aliphatic carbocycles. The van der Waals surface area contributed by atoms with Crippen LogP contribution in [0.3, 0.4) is 0 Å². The van der Waals surface area contributed by atoms with Gasteiger partial charge in [0.25, 0.3) is 6.43 Å². The zero-order chi connectivity index (χ0) is 14.0. The first-order valence-corrected chi connectivity index (χ1v) is 6.95. The molecule has 1 radical (unpaired) electrons. The fourth-order valence-electron chi connectivity index (χ4n) is 1.74. The molecule has 1 aromatic rings. The first kappa shape index (κ1) is 18.3. The van der Waals surface area contributed by atoms with Crippen LogP contribution in [-0.2, 0) is 32.7 Å². The summed E-state index contributed by atoms with van der Waals surface area (Å²) in [6.45, 7) is 3.45. The second-order valence-electron chi connectivity index (χ2n) is 3.94. The maximum absolute atomic E-state index is 12.7. The van der Waals surface area contributed by atoms with E-state index in [0.29, 0.717) is 16.4 Å². The van der Waals surface area contributed by atoms with Gasteiger partial charge in [0.1, 0.15) is 0 Å². The van der Waals surface area contributed by atoms with Crippen molar-refractivity contribution >= 4 is 39.9 Å². The van der Waals surface area contributed by atoms with E-state index in [0.717, 1.165) is 9.14 Å². The fraction of sp³-hybridized carbons (Fsp3) is 0.143. The Hall–Kier alpha value is 0.224. The number of hydrogen-bond donors (Lipinski definition) is 0. The predicted octanol–water partition coefficient (Wildman–Crippen LogP) is 4.89. The molecule has 1 heterocycles. The summed E-state index contributed by atoms with van der Waals surface area (Å²) in [5.74, 6) is 0. The molecular weight excluding hydrogens is 471 g/mol. The van der Waals surface area contributed by atoms with Crippen LogP contribution in [0.25, 0.3) is 5.70 Å². The van der Waals surface area contributed by atoms with Crippen molar-refractivity contribution in [3.8, 4) is 0 Å². The molecule has 0 amide bonds. The maximum Gasteiger partial charge on any atom is 0.256 e. The van der Waals surface area contributed by atoms with Crippen LogP contribution in [0.2, 0.25) is 5.02 Å². The zero-order valence-corrected chi connectivity index (χ0v) is 16.2. The Morgan fingerprint density at radius 3 is 2.45 bits per heavy atom. The average molecular weight is 482 g/mol. The molecule has 0 N–H and O–H groups in total. The molecule has 1 nitrogen and oxygen atoms in total. The summed E-state index contributed by atoms with van der Waals surface area (Å²) in [6, 6.07) is 7.00. The van der Waals surface area contributed by atoms with E-state index in [1.54, 1.807) is 30.3 Å². The van der Waals surface area contributed by atoms with Crippen molar-refractivity contribution < 1.29 is 41.5 Å². The SMILES string of the molecule is C=C1C(I)=C[C-]=C(c2ccc(Cl)cc2)N1CC(F)F.[Y]. The van der Waals surface area contributed by atoms with E-state index in [1.165, 1.54) is 4.90 Å². The van der Waals surface area contributed by atoms with Crippen LogP contribution in [0.5, 0.6) is 0 Å². The molecule has 1 aliphatic rings. The van der Waals surface area contributed by atoms with Crippen LogP contribution in [-0.4, -0.2) is 17.9 Å². The Bertz CT molecular complexity index is 555. The summed E-state index contributed by atoms with van der Waals surface area (Å²) in [4.78, 5) is 1.48. The van der Waals surface area contributed by atoms with Crippen molar-refractivity contribution in [2.45, 2.75) is 6.43 Å². The van der Waals surface area contributed by atoms with Gasteiger partial charge in [0.2, 0.25) is 0 Å². The summed E-state index contributed by atoms with van der Waals surface area (Å²) >= 11 is 7.89. The van der Waals surface area contributed by atoms with Crippen molar-refractivity contribution in [3.05, 3.63) is 62.9 Å². The smallest absolute Gasteiger partial charge is 0.256 e. The van der Waals surface area contributed by atoms with Gasteiger partial charge in [-0.2, -0.15) is 12.2 Å². The Kier molecular flexibility index (Phi) is 7.32. The van der Waals surface area contributed by atoms with Crippen molar-refractivity contribution in [3.63, 3.8) is 0 Å². The molecule has 0 fully saturated rings. The van der Waals surface area contributed by atoms with Crippen LogP contribution < -0.4 is 0 Å². The number of allylic oxidation sites excluding steroid dienone is 3. The van der Waals surface area contributed by atoms with Gasteiger partial charge in [0.15, 0.2) is 0 Å². The third-order valence-electron chi connectivity index (χ3n) is 2.65. The van der Waals surface area contributed by atoms with E-state index in [2.05, 4.69) is 35.2 Å². The topological polar surface area (TPSA) is 3.24 Å². The molecule has 0 aromatic heterocycles. The second kappa shape index (κ2) is 8.01. The van der Waals surface area contributed by atoms with Crippen molar-refractivity contribution in [2.24, 2.45) is 0 Å². The van der Waals surface area contributed by atoms with E-state index >= 15 is 0 Å². The number of benzene rings is 1. The number of halogens is 4. The zero-order valence-electron chi connectivity index (χ0n) is 10.4. The molecule has 2 rings (SSSR count). The van der Waals surface area contributed by atoms with Crippen molar-refractivity contribution in [1.82, 2.24) is 4.90 Å². The molecule has 103 valence electrons. The molecule has 1 aliphatic heterocycles. The van der Waals surface area contributed by atoms with Gasteiger partial charge in [0.05, 0.1) is 6.54 Å². The Labute approximate surface area is 160 Å². The minimum atomic E-state index is -2.44. The van der Waals surface area contributed by atoms with Crippen LogP contribution in [0.1, 0.15) is 5.56 Å². The Morgan fingerprint density at radius 1 is 1.30 bits per heavy atom. The molecule has 0 atom stereocenters. The van der Waals surface area contributed by atoms with Gasteiger partial charge in [-0.05, 0) is 5.70 Å². The molecule has 0 unspecified atom stereocenters. The second-order valence-corrected chi connectivity index (χ2v) is 5.54. The van der Waals surface area contributed by atoms with Crippen LogP contribution >= 0.6 is 34.2 Å².